The van der Waals surface area contributed by atoms with Crippen LogP contribution < -0.4 is 0 Å². The number of nitrogens with zero attached hydrogens (tertiary/aromatic N) is 1. The summed E-state index contributed by atoms with van der Waals surface area (Å²) in [5.41, 5.74) is 0.518. The maximum atomic E-state index is 11.9. The van der Waals surface area contributed by atoms with E-state index in [1.54, 1.807) is 24.3 Å². The van der Waals surface area contributed by atoms with Gasteiger partial charge in [-0.05, 0) is 17.7 Å². The van der Waals surface area contributed by atoms with Crippen LogP contribution >= 0.6 is 15.9 Å². The molecule has 0 aliphatic rings. The zero-order chi connectivity index (χ0) is 9.90. The Balaban J connectivity index is 2.88. The second-order valence-electron chi connectivity index (χ2n) is 2.20. The molecular weight excluding hydrogens is 261 g/mol. The van der Waals surface area contributed by atoms with Crippen molar-refractivity contribution in [2.24, 2.45) is 4.40 Å². The van der Waals surface area contributed by atoms with Crippen LogP contribution in [0.4, 0.5) is 3.89 Å². The molecule has 0 N–H and O–H groups in total. The van der Waals surface area contributed by atoms with E-state index >= 15 is 0 Å². The van der Waals surface area contributed by atoms with Crippen molar-refractivity contribution in [2.75, 3.05) is 0 Å². The molecule has 0 aliphatic carbocycles. The van der Waals surface area contributed by atoms with Crippen molar-refractivity contribution in [1.29, 1.82) is 0 Å². The second-order valence-corrected chi connectivity index (χ2v) is 4.15. The van der Waals surface area contributed by atoms with Crippen LogP contribution in [0.25, 0.3) is 0 Å². The lowest BCUT2D eigenvalue weighted by Crippen LogP contribution is -1.86. The quantitative estimate of drug-likeness (QED) is 0.607. The van der Waals surface area contributed by atoms with Crippen molar-refractivity contribution in [1.82, 2.24) is 0 Å². The third-order valence-corrected chi connectivity index (χ3v) is 2.08. The Hall–Kier alpha value is -0.750. The van der Waals surface area contributed by atoms with E-state index in [0.717, 1.165) is 10.7 Å². The van der Waals surface area contributed by atoms with Crippen LogP contribution in [0.3, 0.4) is 0 Å². The molecule has 0 aromatic heterocycles. The Morgan fingerprint density at radius 3 is 2.31 bits per heavy atom. The van der Waals surface area contributed by atoms with Crippen LogP contribution in [0.1, 0.15) is 5.56 Å². The van der Waals surface area contributed by atoms with E-state index in [2.05, 4.69) is 20.3 Å². The standard InChI is InChI=1S/C7H5BrFNO2S/c8-7-3-1-6(2-4-7)5-10-13(9,11)12/h1-5H/b10-5+. The number of hydrogen-bond acceptors (Lipinski definition) is 2. The molecule has 13 heavy (non-hydrogen) atoms. The van der Waals surface area contributed by atoms with E-state index < -0.39 is 10.4 Å². The Bertz CT molecular complexity index is 413. The molecule has 0 heterocycles. The Kier molecular flexibility index (Phi) is 3.16. The van der Waals surface area contributed by atoms with E-state index in [9.17, 15) is 12.3 Å². The predicted octanol–water partition coefficient (Wildman–Crippen LogP) is 2.08. The van der Waals surface area contributed by atoms with Crippen LogP contribution in [0, 0.1) is 0 Å². The van der Waals surface area contributed by atoms with Gasteiger partial charge in [-0.1, -0.05) is 31.9 Å². The second kappa shape index (κ2) is 3.97. The highest BCUT2D eigenvalue weighted by Gasteiger charge is 1.99. The highest BCUT2D eigenvalue weighted by Crippen LogP contribution is 2.09. The van der Waals surface area contributed by atoms with Gasteiger partial charge in [-0.25, -0.2) is 0 Å². The topological polar surface area (TPSA) is 46.5 Å². The molecule has 0 saturated carbocycles. The molecule has 3 nitrogen and oxygen atoms in total. The van der Waals surface area contributed by atoms with Crippen molar-refractivity contribution in [3.63, 3.8) is 0 Å². The fraction of sp³-hybridized carbons (Fsp3) is 0. The van der Waals surface area contributed by atoms with Crippen molar-refractivity contribution in [2.45, 2.75) is 0 Å². The number of halogens is 2. The maximum absolute atomic E-state index is 11.9. The molecule has 0 radical (unpaired) electrons. The summed E-state index contributed by atoms with van der Waals surface area (Å²) in [4.78, 5) is 0. The summed E-state index contributed by atoms with van der Waals surface area (Å²) in [6, 6.07) is 6.62. The first-order chi connectivity index (χ1) is 5.97. The smallest absolute Gasteiger partial charge is 0.170 e. The average Bonchev–Trinajstić information content (AvgIpc) is 2.02. The summed E-state index contributed by atoms with van der Waals surface area (Å²) in [7, 11) is -4.77. The van der Waals surface area contributed by atoms with Gasteiger partial charge in [-0.15, -0.1) is 4.40 Å². The molecule has 6 heteroatoms. The minimum atomic E-state index is -4.77. The SMILES string of the molecule is O=S(=O)(F)/N=C/c1ccc(Br)cc1. The van der Waals surface area contributed by atoms with Gasteiger partial charge in [0.2, 0.25) is 0 Å². The van der Waals surface area contributed by atoms with Crippen molar-refractivity contribution >= 4 is 32.6 Å². The summed E-state index contributed by atoms with van der Waals surface area (Å²) >= 11 is 3.20. The van der Waals surface area contributed by atoms with Crippen LogP contribution in [0.2, 0.25) is 0 Å². The molecule has 0 unspecified atom stereocenters. The van der Waals surface area contributed by atoms with Gasteiger partial charge in [0, 0.05) is 4.47 Å². The fourth-order valence-electron chi connectivity index (χ4n) is 0.673. The molecule has 0 bridgehead atoms. The monoisotopic (exact) mass is 265 g/mol. The van der Waals surface area contributed by atoms with Gasteiger partial charge in [0.05, 0.1) is 6.21 Å². The molecule has 0 amide bonds. The summed E-state index contributed by atoms with van der Waals surface area (Å²) in [6.45, 7) is 0. The van der Waals surface area contributed by atoms with Gasteiger partial charge in [0.15, 0.2) is 0 Å². The minimum absolute atomic E-state index is 0.518. The molecule has 1 aromatic rings. The summed E-state index contributed by atoms with van der Waals surface area (Å²) in [6.07, 6.45) is 0.946. The zero-order valence-electron chi connectivity index (χ0n) is 6.31. The first-order valence-corrected chi connectivity index (χ1v) is 5.36. The number of benzene rings is 1. The molecule has 70 valence electrons. The highest BCUT2D eigenvalue weighted by atomic mass is 79.9. The van der Waals surface area contributed by atoms with Crippen LogP contribution in [0.5, 0.6) is 0 Å². The lowest BCUT2D eigenvalue weighted by Gasteiger charge is -1.91. The normalized spacial score (nSPS) is 12.2. The lowest BCUT2D eigenvalue weighted by atomic mass is 10.2. The highest BCUT2D eigenvalue weighted by molar-refractivity contribution is 9.10. The first kappa shape index (κ1) is 10.3. The van der Waals surface area contributed by atoms with Gasteiger partial charge in [-0.3, -0.25) is 0 Å². The summed E-state index contributed by atoms with van der Waals surface area (Å²) < 4.78 is 35.5. The number of rotatable bonds is 2. The van der Waals surface area contributed by atoms with Gasteiger partial charge < -0.3 is 0 Å². The van der Waals surface area contributed by atoms with E-state index in [1.807, 2.05) is 0 Å². The molecule has 0 saturated heterocycles. The Morgan fingerprint density at radius 2 is 1.85 bits per heavy atom. The predicted molar refractivity (Wildman–Crippen MR) is 51.8 cm³/mol. The summed E-state index contributed by atoms with van der Waals surface area (Å²) in [5, 5.41) is 0. The van der Waals surface area contributed by atoms with Crippen LogP contribution in [-0.2, 0) is 10.4 Å². The van der Waals surface area contributed by atoms with E-state index in [4.69, 9.17) is 0 Å². The van der Waals surface area contributed by atoms with E-state index in [-0.39, 0.29) is 0 Å². The largest absolute Gasteiger partial charge is 0.417 e. The van der Waals surface area contributed by atoms with Gasteiger partial charge in [-0.2, -0.15) is 8.42 Å². The summed E-state index contributed by atoms with van der Waals surface area (Å²) in [5.74, 6) is 0. The van der Waals surface area contributed by atoms with Crippen molar-refractivity contribution < 1.29 is 12.3 Å². The third-order valence-electron chi connectivity index (χ3n) is 1.20. The molecule has 1 aromatic carbocycles. The van der Waals surface area contributed by atoms with Crippen LogP contribution in [-0.4, -0.2) is 14.6 Å². The lowest BCUT2D eigenvalue weighted by molar-refractivity contribution is 0.554. The molecular formula is C7H5BrFNO2S. The first-order valence-electron chi connectivity index (χ1n) is 3.23. The Labute approximate surface area is 83.8 Å². The molecule has 1 rings (SSSR count). The number of hydrogen-bond donors (Lipinski definition) is 0. The average molecular weight is 266 g/mol. The Morgan fingerprint density at radius 1 is 1.31 bits per heavy atom. The third kappa shape index (κ3) is 4.14. The fourth-order valence-corrected chi connectivity index (χ4v) is 1.18. The molecule has 0 fully saturated rings. The molecule has 0 atom stereocenters. The van der Waals surface area contributed by atoms with Crippen molar-refractivity contribution in [3.05, 3.63) is 34.3 Å². The van der Waals surface area contributed by atoms with E-state index in [0.29, 0.717) is 5.56 Å². The van der Waals surface area contributed by atoms with Gasteiger partial charge in [0.25, 0.3) is 0 Å². The maximum Gasteiger partial charge on any atom is 0.417 e. The van der Waals surface area contributed by atoms with Crippen LogP contribution in [0.15, 0.2) is 33.1 Å². The van der Waals surface area contributed by atoms with Gasteiger partial charge in [0.1, 0.15) is 0 Å². The molecule has 0 aliphatic heterocycles. The van der Waals surface area contributed by atoms with Gasteiger partial charge >= 0.3 is 10.4 Å². The van der Waals surface area contributed by atoms with E-state index in [1.165, 1.54) is 0 Å². The molecule has 0 spiro atoms. The minimum Gasteiger partial charge on any atom is -0.170 e. The van der Waals surface area contributed by atoms with Crippen molar-refractivity contribution in [3.8, 4) is 0 Å². The zero-order valence-corrected chi connectivity index (χ0v) is 8.72.